The van der Waals surface area contributed by atoms with Gasteiger partial charge in [-0.2, -0.15) is 5.10 Å². The molecule has 0 saturated carbocycles. The van der Waals surface area contributed by atoms with Crippen LogP contribution in [0.3, 0.4) is 0 Å². The summed E-state index contributed by atoms with van der Waals surface area (Å²) in [6, 6.07) is 1.43. The van der Waals surface area contributed by atoms with Gasteiger partial charge >= 0.3 is 0 Å². The van der Waals surface area contributed by atoms with Crippen LogP contribution in [-0.4, -0.2) is 46.4 Å². The number of H-pyrrole nitrogens is 1. The van der Waals surface area contributed by atoms with Crippen LogP contribution < -0.4 is 0 Å². The molecule has 0 spiro atoms. The van der Waals surface area contributed by atoms with Crippen molar-refractivity contribution in [3.8, 4) is 0 Å². The lowest BCUT2D eigenvalue weighted by Crippen LogP contribution is -2.36. The van der Waals surface area contributed by atoms with Gasteiger partial charge in [-0.25, -0.2) is 8.78 Å². The van der Waals surface area contributed by atoms with E-state index in [-0.39, 0.29) is 18.1 Å². The summed E-state index contributed by atoms with van der Waals surface area (Å²) in [7, 11) is 0. The second kappa shape index (κ2) is 5.65. The van der Waals surface area contributed by atoms with Crippen LogP contribution in [-0.2, 0) is 0 Å². The number of rotatable bonds is 5. The summed E-state index contributed by atoms with van der Waals surface area (Å²) in [6.07, 6.45) is -1.19. The molecule has 84 valence electrons. The number of aromatic amines is 1. The number of hydrogen-bond donors (Lipinski definition) is 1. The lowest BCUT2D eigenvalue weighted by Gasteiger charge is -2.20. The van der Waals surface area contributed by atoms with Crippen molar-refractivity contribution in [3.05, 3.63) is 18.0 Å². The maximum atomic E-state index is 12.1. The third-order valence-corrected chi connectivity index (χ3v) is 1.90. The molecule has 0 radical (unpaired) electrons. The number of alkyl halides is 3. The molecule has 0 aromatic carbocycles. The molecule has 1 N–H and O–H groups in total. The number of carbonyl (C=O) groups excluding carboxylic acids is 1. The van der Waals surface area contributed by atoms with Gasteiger partial charge in [0.25, 0.3) is 12.3 Å². The van der Waals surface area contributed by atoms with E-state index in [9.17, 15) is 13.6 Å². The highest BCUT2D eigenvalue weighted by Crippen LogP contribution is 2.05. The molecular formula is C8H10ClF2N3O. The van der Waals surface area contributed by atoms with Crippen molar-refractivity contribution in [3.63, 3.8) is 0 Å². The standard InChI is InChI=1S/C8H10ClF2N3O/c9-2-4-14(5-7(10)11)8(15)6-1-3-12-13-6/h1,3,7H,2,4-5H2,(H,12,13). The Kier molecular flexibility index (Phi) is 4.48. The third-order valence-electron chi connectivity index (χ3n) is 1.73. The Morgan fingerprint density at radius 1 is 1.67 bits per heavy atom. The zero-order chi connectivity index (χ0) is 11.3. The van der Waals surface area contributed by atoms with Crippen molar-refractivity contribution in [2.45, 2.75) is 6.43 Å². The smallest absolute Gasteiger partial charge is 0.272 e. The van der Waals surface area contributed by atoms with Crippen LogP contribution in [0.5, 0.6) is 0 Å². The lowest BCUT2D eigenvalue weighted by atomic mass is 10.3. The molecule has 1 amide bonds. The Labute approximate surface area is 90.2 Å². The molecule has 0 unspecified atom stereocenters. The van der Waals surface area contributed by atoms with Crippen LogP contribution in [0.15, 0.2) is 12.3 Å². The number of nitrogens with zero attached hydrogens (tertiary/aromatic N) is 2. The molecule has 0 fully saturated rings. The van der Waals surface area contributed by atoms with Crippen LogP contribution >= 0.6 is 11.6 Å². The fraction of sp³-hybridized carbons (Fsp3) is 0.500. The molecule has 0 atom stereocenters. The largest absolute Gasteiger partial charge is 0.330 e. The molecule has 0 aliphatic rings. The van der Waals surface area contributed by atoms with E-state index in [1.54, 1.807) is 0 Å². The van der Waals surface area contributed by atoms with Gasteiger partial charge in [0.15, 0.2) is 0 Å². The zero-order valence-corrected chi connectivity index (χ0v) is 8.55. The van der Waals surface area contributed by atoms with E-state index in [1.807, 2.05) is 0 Å². The number of amides is 1. The lowest BCUT2D eigenvalue weighted by molar-refractivity contribution is 0.0566. The van der Waals surface area contributed by atoms with E-state index in [4.69, 9.17) is 11.6 Å². The fourth-order valence-electron chi connectivity index (χ4n) is 1.09. The van der Waals surface area contributed by atoms with Crippen LogP contribution in [0.25, 0.3) is 0 Å². The Bertz CT molecular complexity index is 305. The highest BCUT2D eigenvalue weighted by atomic mass is 35.5. The number of nitrogens with one attached hydrogen (secondary N) is 1. The maximum absolute atomic E-state index is 12.1. The highest BCUT2D eigenvalue weighted by molar-refractivity contribution is 6.18. The van der Waals surface area contributed by atoms with Crippen LogP contribution in [0.2, 0.25) is 0 Å². The first-order chi connectivity index (χ1) is 7.15. The second-order valence-corrected chi connectivity index (χ2v) is 3.18. The fourth-order valence-corrected chi connectivity index (χ4v) is 1.29. The highest BCUT2D eigenvalue weighted by Gasteiger charge is 2.19. The third kappa shape index (κ3) is 3.47. The van der Waals surface area contributed by atoms with Crippen molar-refractivity contribution >= 4 is 17.5 Å². The van der Waals surface area contributed by atoms with Gasteiger partial charge in [0, 0.05) is 18.6 Å². The molecule has 4 nitrogen and oxygen atoms in total. The average Bonchev–Trinajstić information content (AvgIpc) is 2.68. The molecule has 1 rings (SSSR count). The van der Waals surface area contributed by atoms with Gasteiger partial charge < -0.3 is 4.90 Å². The normalized spacial score (nSPS) is 10.7. The number of halogens is 3. The first kappa shape index (κ1) is 11.9. The quantitative estimate of drug-likeness (QED) is 0.786. The monoisotopic (exact) mass is 237 g/mol. The minimum Gasteiger partial charge on any atom is -0.330 e. The Balaban J connectivity index is 2.67. The van der Waals surface area contributed by atoms with Crippen molar-refractivity contribution in [2.24, 2.45) is 0 Å². The SMILES string of the molecule is O=C(c1ccn[nH]1)N(CCCl)CC(F)F. The van der Waals surface area contributed by atoms with Crippen LogP contribution in [0.4, 0.5) is 8.78 Å². The molecule has 7 heteroatoms. The first-order valence-corrected chi connectivity index (χ1v) is 4.81. The summed E-state index contributed by atoms with van der Waals surface area (Å²) in [6.45, 7) is -0.533. The van der Waals surface area contributed by atoms with Crippen LogP contribution in [0.1, 0.15) is 10.5 Å². The average molecular weight is 238 g/mol. The van der Waals surface area contributed by atoms with Crippen molar-refractivity contribution in [2.75, 3.05) is 19.0 Å². The molecule has 1 heterocycles. The van der Waals surface area contributed by atoms with Gasteiger partial charge in [-0.1, -0.05) is 0 Å². The molecule has 0 aliphatic carbocycles. The van der Waals surface area contributed by atoms with Gasteiger partial charge in [-0.15, -0.1) is 11.6 Å². The Hall–Kier alpha value is -1.17. The maximum Gasteiger partial charge on any atom is 0.272 e. The Morgan fingerprint density at radius 3 is 2.87 bits per heavy atom. The minimum atomic E-state index is -2.57. The van der Waals surface area contributed by atoms with Gasteiger partial charge in [-0.05, 0) is 6.07 Å². The molecule has 0 aliphatic heterocycles. The predicted octanol–water partition coefficient (Wildman–Crippen LogP) is 1.36. The number of aromatic nitrogens is 2. The summed E-state index contributed by atoms with van der Waals surface area (Å²) in [5, 5.41) is 5.99. The summed E-state index contributed by atoms with van der Waals surface area (Å²) >= 11 is 5.42. The topological polar surface area (TPSA) is 49.0 Å². The number of carbonyl (C=O) groups is 1. The Morgan fingerprint density at radius 2 is 2.40 bits per heavy atom. The molecule has 0 bridgehead atoms. The summed E-state index contributed by atoms with van der Waals surface area (Å²) in [5.74, 6) is -0.402. The molecule has 1 aromatic heterocycles. The summed E-state index contributed by atoms with van der Waals surface area (Å²) in [5.41, 5.74) is 0.181. The van der Waals surface area contributed by atoms with E-state index < -0.39 is 18.9 Å². The minimum absolute atomic E-state index is 0.0871. The number of hydrogen-bond acceptors (Lipinski definition) is 2. The molecule has 15 heavy (non-hydrogen) atoms. The van der Waals surface area contributed by atoms with E-state index in [0.29, 0.717) is 0 Å². The van der Waals surface area contributed by atoms with Crippen molar-refractivity contribution < 1.29 is 13.6 Å². The van der Waals surface area contributed by atoms with Gasteiger partial charge in [0.1, 0.15) is 5.69 Å². The van der Waals surface area contributed by atoms with E-state index in [1.165, 1.54) is 12.3 Å². The van der Waals surface area contributed by atoms with Crippen molar-refractivity contribution in [1.82, 2.24) is 15.1 Å². The van der Waals surface area contributed by atoms with Gasteiger partial charge in [-0.3, -0.25) is 9.89 Å². The second-order valence-electron chi connectivity index (χ2n) is 2.80. The molecule has 0 saturated heterocycles. The zero-order valence-electron chi connectivity index (χ0n) is 7.79. The molecular weight excluding hydrogens is 228 g/mol. The van der Waals surface area contributed by atoms with Crippen molar-refractivity contribution in [1.29, 1.82) is 0 Å². The molecule has 1 aromatic rings. The summed E-state index contributed by atoms with van der Waals surface area (Å²) < 4.78 is 24.3. The predicted molar refractivity (Wildman–Crippen MR) is 51.2 cm³/mol. The van der Waals surface area contributed by atoms with Crippen LogP contribution in [0, 0.1) is 0 Å². The summed E-state index contributed by atoms with van der Waals surface area (Å²) in [4.78, 5) is 12.6. The van der Waals surface area contributed by atoms with E-state index in [0.717, 1.165) is 4.90 Å². The van der Waals surface area contributed by atoms with Gasteiger partial charge in [0.2, 0.25) is 0 Å². The first-order valence-electron chi connectivity index (χ1n) is 4.28. The van der Waals surface area contributed by atoms with Gasteiger partial charge in [0.05, 0.1) is 6.54 Å². The van der Waals surface area contributed by atoms with E-state index in [2.05, 4.69) is 10.2 Å². The van der Waals surface area contributed by atoms with E-state index >= 15 is 0 Å².